The summed E-state index contributed by atoms with van der Waals surface area (Å²) in [6.45, 7) is 2.60. The Hall–Kier alpha value is -3.07. The van der Waals surface area contributed by atoms with Crippen LogP contribution in [0.4, 0.5) is 5.82 Å². The molecular formula is C23H28N6O2S. The summed E-state index contributed by atoms with van der Waals surface area (Å²) < 4.78 is 7.05. The minimum absolute atomic E-state index is 0.0594. The molecule has 3 heterocycles. The van der Waals surface area contributed by atoms with Gasteiger partial charge in [0.1, 0.15) is 17.9 Å². The smallest absolute Gasteiger partial charge is 0.230 e. The molecule has 32 heavy (non-hydrogen) atoms. The number of aromatic nitrogens is 4. The normalized spacial score (nSPS) is 14.1. The van der Waals surface area contributed by atoms with Crippen LogP contribution in [0, 0.1) is 0 Å². The fraction of sp³-hybridized carbons (Fsp3) is 0.391. The van der Waals surface area contributed by atoms with E-state index in [0.29, 0.717) is 11.7 Å². The lowest BCUT2D eigenvalue weighted by molar-refractivity contribution is -0.118. The molecule has 0 bridgehead atoms. The van der Waals surface area contributed by atoms with Gasteiger partial charge in [-0.1, -0.05) is 30.7 Å². The summed E-state index contributed by atoms with van der Waals surface area (Å²) >= 11 is 1.35. The van der Waals surface area contributed by atoms with Gasteiger partial charge < -0.3 is 15.0 Å². The van der Waals surface area contributed by atoms with Crippen LogP contribution < -0.4 is 15.0 Å². The van der Waals surface area contributed by atoms with Gasteiger partial charge >= 0.3 is 0 Å². The molecule has 1 aliphatic rings. The Morgan fingerprint density at radius 3 is 2.56 bits per heavy atom. The van der Waals surface area contributed by atoms with Crippen LogP contribution >= 0.6 is 11.8 Å². The monoisotopic (exact) mass is 452 g/mol. The number of anilines is 1. The number of nitrogens with zero attached hydrogens (tertiary/aromatic N) is 5. The summed E-state index contributed by atoms with van der Waals surface area (Å²) in [6, 6.07) is 11.7. The fourth-order valence-corrected chi connectivity index (χ4v) is 4.39. The van der Waals surface area contributed by atoms with Crippen molar-refractivity contribution in [1.82, 2.24) is 25.1 Å². The number of carbonyl (C=O) groups excluding carboxylic acids is 1. The quantitative estimate of drug-likeness (QED) is 0.524. The summed E-state index contributed by atoms with van der Waals surface area (Å²) in [7, 11) is 1.63. The zero-order chi connectivity index (χ0) is 22.2. The molecule has 1 fully saturated rings. The standard InChI is InChI=1S/C23H28N6O2S/c1-31-20-9-7-19(8-10-20)29-17-26-27-23(29)32-16-22(30)25-15-18-6-11-21(24-14-18)28-12-4-2-3-5-13-28/h6-11,14,17H,2-5,12-13,15-16H2,1H3,(H,25,30). The van der Waals surface area contributed by atoms with E-state index < -0.39 is 0 Å². The Labute approximate surface area is 192 Å². The summed E-state index contributed by atoms with van der Waals surface area (Å²) in [5.74, 6) is 2.00. The average Bonchev–Trinajstić information content (AvgIpc) is 3.14. The molecule has 9 heteroatoms. The zero-order valence-electron chi connectivity index (χ0n) is 18.2. The average molecular weight is 453 g/mol. The van der Waals surface area contributed by atoms with Crippen molar-refractivity contribution in [2.45, 2.75) is 37.4 Å². The molecule has 1 N–H and O–H groups in total. The Balaban J connectivity index is 1.26. The molecule has 0 unspecified atom stereocenters. The van der Waals surface area contributed by atoms with Gasteiger partial charge in [0.25, 0.3) is 0 Å². The number of rotatable bonds is 8. The first-order valence-electron chi connectivity index (χ1n) is 10.9. The van der Waals surface area contributed by atoms with E-state index in [-0.39, 0.29) is 11.7 Å². The van der Waals surface area contributed by atoms with Crippen molar-refractivity contribution in [3.63, 3.8) is 0 Å². The number of amides is 1. The highest BCUT2D eigenvalue weighted by Gasteiger charge is 2.12. The summed E-state index contributed by atoms with van der Waals surface area (Å²) in [5, 5.41) is 11.7. The molecule has 1 amide bonds. The first-order valence-corrected chi connectivity index (χ1v) is 11.9. The third-order valence-electron chi connectivity index (χ3n) is 5.43. The summed E-state index contributed by atoms with van der Waals surface area (Å²) in [6.07, 6.45) is 8.55. The van der Waals surface area contributed by atoms with Gasteiger partial charge in [-0.25, -0.2) is 4.98 Å². The number of hydrogen-bond acceptors (Lipinski definition) is 7. The topological polar surface area (TPSA) is 85.2 Å². The van der Waals surface area contributed by atoms with Gasteiger partial charge in [0.05, 0.1) is 12.9 Å². The van der Waals surface area contributed by atoms with Gasteiger partial charge in [-0.2, -0.15) is 0 Å². The lowest BCUT2D eigenvalue weighted by Crippen LogP contribution is -2.26. The molecule has 8 nitrogen and oxygen atoms in total. The fourth-order valence-electron chi connectivity index (χ4n) is 3.63. The van der Waals surface area contributed by atoms with Crippen molar-refractivity contribution < 1.29 is 9.53 Å². The highest BCUT2D eigenvalue weighted by Crippen LogP contribution is 2.21. The van der Waals surface area contributed by atoms with Crippen LogP contribution in [-0.4, -0.2) is 51.6 Å². The third kappa shape index (κ3) is 5.79. The second-order valence-corrected chi connectivity index (χ2v) is 8.62. The third-order valence-corrected chi connectivity index (χ3v) is 6.37. The minimum Gasteiger partial charge on any atom is -0.497 e. The molecule has 168 valence electrons. The number of pyridine rings is 1. The number of carbonyl (C=O) groups is 1. The van der Waals surface area contributed by atoms with Crippen LogP contribution in [0.3, 0.4) is 0 Å². The number of benzene rings is 1. The molecule has 4 rings (SSSR count). The SMILES string of the molecule is COc1ccc(-n2cnnc2SCC(=O)NCc2ccc(N3CCCCCC3)nc2)cc1. The number of thioether (sulfide) groups is 1. The van der Waals surface area contributed by atoms with Gasteiger partial charge in [0, 0.05) is 31.5 Å². The van der Waals surface area contributed by atoms with Crippen molar-refractivity contribution in [2.75, 3.05) is 30.9 Å². The van der Waals surface area contributed by atoms with E-state index in [2.05, 4.69) is 31.5 Å². The second-order valence-electron chi connectivity index (χ2n) is 7.67. The molecule has 2 aromatic heterocycles. The van der Waals surface area contributed by atoms with Gasteiger partial charge in [-0.05, 0) is 48.7 Å². The molecule has 1 saturated heterocycles. The van der Waals surface area contributed by atoms with Gasteiger partial charge in [-0.3, -0.25) is 9.36 Å². The largest absolute Gasteiger partial charge is 0.497 e. The highest BCUT2D eigenvalue weighted by molar-refractivity contribution is 7.99. The number of hydrogen-bond donors (Lipinski definition) is 1. The Bertz CT molecular complexity index is 998. The number of nitrogens with one attached hydrogen (secondary N) is 1. The van der Waals surface area contributed by atoms with Crippen LogP contribution in [0.1, 0.15) is 31.2 Å². The predicted molar refractivity (Wildman–Crippen MR) is 125 cm³/mol. The van der Waals surface area contributed by atoms with Gasteiger partial charge in [0.15, 0.2) is 5.16 Å². The van der Waals surface area contributed by atoms with Crippen molar-refractivity contribution in [3.8, 4) is 11.4 Å². The van der Waals surface area contributed by atoms with E-state index in [9.17, 15) is 4.79 Å². The first kappa shape index (κ1) is 22.1. The molecule has 0 saturated carbocycles. The first-order chi connectivity index (χ1) is 15.7. The maximum Gasteiger partial charge on any atom is 0.230 e. The molecule has 1 aliphatic heterocycles. The maximum atomic E-state index is 12.4. The molecule has 0 atom stereocenters. The van der Waals surface area contributed by atoms with Gasteiger partial charge in [-0.15, -0.1) is 10.2 Å². The minimum atomic E-state index is -0.0594. The summed E-state index contributed by atoms with van der Waals surface area (Å²) in [5.41, 5.74) is 1.90. The zero-order valence-corrected chi connectivity index (χ0v) is 19.1. The van der Waals surface area contributed by atoms with Crippen LogP contribution in [0.5, 0.6) is 5.75 Å². The molecule has 0 aliphatic carbocycles. The van der Waals surface area contributed by atoms with E-state index in [1.807, 2.05) is 41.1 Å². The van der Waals surface area contributed by atoms with Crippen LogP contribution in [0.2, 0.25) is 0 Å². The van der Waals surface area contributed by atoms with Crippen LogP contribution in [-0.2, 0) is 11.3 Å². The van der Waals surface area contributed by atoms with E-state index in [4.69, 9.17) is 4.74 Å². The maximum absolute atomic E-state index is 12.4. The van der Waals surface area contributed by atoms with E-state index in [1.54, 1.807) is 13.4 Å². The lowest BCUT2D eigenvalue weighted by Gasteiger charge is -2.21. The lowest BCUT2D eigenvalue weighted by atomic mass is 10.2. The predicted octanol–water partition coefficient (Wildman–Crippen LogP) is 3.46. The number of methoxy groups -OCH3 is 1. The molecule has 0 spiro atoms. The Kier molecular flexibility index (Phi) is 7.60. The van der Waals surface area contributed by atoms with E-state index in [0.717, 1.165) is 35.9 Å². The van der Waals surface area contributed by atoms with Crippen LogP contribution in [0.25, 0.3) is 5.69 Å². The van der Waals surface area contributed by atoms with Crippen molar-refractivity contribution in [2.24, 2.45) is 0 Å². The van der Waals surface area contributed by atoms with Crippen molar-refractivity contribution in [1.29, 1.82) is 0 Å². The number of ether oxygens (including phenoxy) is 1. The van der Waals surface area contributed by atoms with Crippen molar-refractivity contribution >= 4 is 23.5 Å². The van der Waals surface area contributed by atoms with Gasteiger partial charge in [0.2, 0.25) is 5.91 Å². The molecular weight excluding hydrogens is 424 g/mol. The molecule has 1 aromatic carbocycles. The highest BCUT2D eigenvalue weighted by atomic mass is 32.2. The van der Waals surface area contributed by atoms with E-state index >= 15 is 0 Å². The Morgan fingerprint density at radius 1 is 1.09 bits per heavy atom. The van der Waals surface area contributed by atoms with Crippen LogP contribution in [0.15, 0.2) is 54.1 Å². The molecule has 3 aromatic rings. The summed E-state index contributed by atoms with van der Waals surface area (Å²) in [4.78, 5) is 19.3. The second kappa shape index (κ2) is 11.0. The van der Waals surface area contributed by atoms with E-state index in [1.165, 1.54) is 37.4 Å². The molecule has 0 radical (unpaired) electrons. The Morgan fingerprint density at radius 2 is 1.88 bits per heavy atom. The van der Waals surface area contributed by atoms with Crippen molar-refractivity contribution in [3.05, 3.63) is 54.5 Å².